The number of β-amino-alcohol motifs (C(OH)–C–C–N with tert-alkyl or cyclic N) is 1. The predicted molar refractivity (Wildman–Crippen MR) is 342 cm³/mol. The first-order valence-electron chi connectivity index (χ1n) is 31.4. The van der Waals surface area contributed by atoms with Crippen molar-refractivity contribution >= 4 is 58.7 Å². The van der Waals surface area contributed by atoms with Crippen molar-refractivity contribution in [2.24, 2.45) is 23.7 Å². The fraction of sp³-hybridized carbons (Fsp3) is 0.515. The molecule has 11 rings (SSSR count). The number of aromatic nitrogens is 5. The van der Waals surface area contributed by atoms with Crippen molar-refractivity contribution in [2.45, 2.75) is 148 Å². The van der Waals surface area contributed by atoms with Crippen LogP contribution in [0.2, 0.25) is 16.6 Å². The van der Waals surface area contributed by atoms with Gasteiger partial charge in [-0.1, -0.05) is 97.7 Å². The van der Waals surface area contributed by atoms with Crippen LogP contribution < -0.4 is 19.7 Å². The number of fused-ring (bicyclic) bond motifs is 4. The number of nitrogens with one attached hydrogen (secondary N) is 1. The molecular weight excluding hydrogens is 1130 g/mol. The minimum absolute atomic E-state index is 0.00721. The van der Waals surface area contributed by atoms with Gasteiger partial charge in [-0.05, 0) is 139 Å². The highest BCUT2D eigenvalue weighted by molar-refractivity contribution is 7.13. The zero-order valence-corrected chi connectivity index (χ0v) is 53.8. The number of phenols is 1. The zero-order valence-electron chi connectivity index (χ0n) is 52.0. The van der Waals surface area contributed by atoms with Gasteiger partial charge >= 0.3 is 6.01 Å². The molecule has 3 aliphatic heterocycles. The van der Waals surface area contributed by atoms with Gasteiger partial charge in [-0.15, -0.1) is 16.9 Å². The molecule has 2 amide bonds. The quantitative estimate of drug-likeness (QED) is 0.0511. The Kier molecular flexibility index (Phi) is 18.4. The molecule has 7 heterocycles. The van der Waals surface area contributed by atoms with Crippen LogP contribution in [0.25, 0.3) is 43.4 Å². The third kappa shape index (κ3) is 12.8. The number of hydrogen-bond acceptors (Lipinski definition) is 15. The average molecular weight is 1220 g/mol. The minimum atomic E-state index is -2.13. The first kappa shape index (κ1) is 61.7. The first-order valence-corrected chi connectivity index (χ1v) is 34.5. The summed E-state index contributed by atoms with van der Waals surface area (Å²) in [4.78, 5) is 54.5. The van der Waals surface area contributed by atoms with E-state index in [1.807, 2.05) is 75.7 Å². The van der Waals surface area contributed by atoms with Crippen LogP contribution in [-0.4, -0.2) is 130 Å². The molecule has 4 fully saturated rings. The summed E-state index contributed by atoms with van der Waals surface area (Å²) >= 11 is 1.59. The molecule has 3 saturated heterocycles. The highest BCUT2D eigenvalue weighted by atomic mass is 32.1. The average Bonchev–Trinajstić information content (AvgIpc) is 2.33. The van der Waals surface area contributed by atoms with Crippen LogP contribution in [0.15, 0.2) is 76.9 Å². The number of rotatable bonds is 19. The lowest BCUT2D eigenvalue weighted by molar-refractivity contribution is -0.141. The van der Waals surface area contributed by atoms with Crippen molar-refractivity contribution in [3.8, 4) is 50.8 Å². The lowest BCUT2D eigenvalue weighted by Gasteiger charge is -2.38. The molecule has 19 heteroatoms. The van der Waals surface area contributed by atoms with Gasteiger partial charge in [0.1, 0.15) is 49.4 Å². The molecular formula is C68H84FN9O7SSi. The number of anilines is 1. The molecule has 2 unspecified atom stereocenters. The monoisotopic (exact) mass is 1220 g/mol. The van der Waals surface area contributed by atoms with Crippen molar-refractivity contribution in [2.75, 3.05) is 57.4 Å². The zero-order chi connectivity index (χ0) is 61.4. The Morgan fingerprint density at radius 2 is 1.61 bits per heavy atom. The summed E-state index contributed by atoms with van der Waals surface area (Å²) in [6.07, 6.45) is 6.25. The molecule has 4 aromatic heterocycles. The number of aliphatic hydroxyl groups excluding tert-OH is 1. The number of likely N-dealkylation sites (tertiary alicyclic amines) is 2. The molecule has 0 radical (unpaired) electrons. The molecule has 460 valence electrons. The Labute approximate surface area is 515 Å². The van der Waals surface area contributed by atoms with E-state index in [1.54, 1.807) is 35.7 Å². The molecule has 1 saturated carbocycles. The van der Waals surface area contributed by atoms with Crippen molar-refractivity contribution in [1.82, 2.24) is 40.2 Å². The highest BCUT2D eigenvalue weighted by Crippen LogP contribution is 2.44. The second kappa shape index (κ2) is 26.0. The van der Waals surface area contributed by atoms with E-state index in [4.69, 9.17) is 28.9 Å². The lowest BCUT2D eigenvalue weighted by Crippen LogP contribution is -2.48. The van der Waals surface area contributed by atoms with E-state index < -0.39 is 32.0 Å². The number of carbonyl (C=O) groups is 2. The fourth-order valence-corrected chi connectivity index (χ4v) is 20.7. The van der Waals surface area contributed by atoms with Gasteiger partial charge in [0, 0.05) is 61.4 Å². The summed E-state index contributed by atoms with van der Waals surface area (Å²) in [5, 5.41) is 31.3. The highest BCUT2D eigenvalue weighted by Gasteiger charge is 2.45. The second-order valence-corrected chi connectivity index (χ2v) is 32.7. The Balaban J connectivity index is 0.732. The maximum atomic E-state index is 17.7. The van der Waals surface area contributed by atoms with Gasteiger partial charge in [0.2, 0.25) is 11.8 Å². The summed E-state index contributed by atoms with van der Waals surface area (Å²) < 4.78 is 36.1. The molecule has 3 N–H and O–H groups in total. The molecule has 7 aromatic rings. The van der Waals surface area contributed by atoms with Gasteiger partial charge in [-0.3, -0.25) is 19.5 Å². The molecule has 2 bridgehead atoms. The van der Waals surface area contributed by atoms with Crippen LogP contribution in [-0.2, 0) is 9.59 Å². The maximum absolute atomic E-state index is 17.7. The number of hydrogen-bond donors (Lipinski definition) is 3. The number of carbonyl (C=O) groups excluding carboxylic acids is 2. The summed E-state index contributed by atoms with van der Waals surface area (Å²) in [7, 11) is -2.13. The van der Waals surface area contributed by atoms with Crippen molar-refractivity contribution in [3.63, 3.8) is 0 Å². The van der Waals surface area contributed by atoms with Gasteiger partial charge in [-0.2, -0.15) is 9.97 Å². The van der Waals surface area contributed by atoms with E-state index in [2.05, 4.69) is 78.3 Å². The minimum Gasteiger partial charge on any atom is -0.508 e. The largest absolute Gasteiger partial charge is 0.508 e. The first-order chi connectivity index (χ1) is 41.8. The summed E-state index contributed by atoms with van der Waals surface area (Å²) in [5.41, 5.74) is 11.4. The molecule has 87 heavy (non-hydrogen) atoms. The molecule has 16 nitrogen and oxygen atoms in total. The van der Waals surface area contributed by atoms with Crippen molar-refractivity contribution in [3.05, 3.63) is 101 Å². The number of ether oxygens (including phenoxy) is 2. The van der Waals surface area contributed by atoms with Gasteiger partial charge in [0.25, 0.3) is 5.88 Å². The SMILES string of the molecule is Cc1ncsc1-c1ccc([C@H](C)NC(=O)[C@@H]2C[C@@H](O)CN2C(=O)[C@@H](c2cc(OCC3CCN(CCOc4nc(N5CC6CCC(C6)C5)c5cnc(-c6cc(O)cc7cccc(C#C[Si](C(C)C)(C(C)C)C(C)C)c67)c(F)c5n4)CC3)no2)C(C)C)cc1. The van der Waals surface area contributed by atoms with Crippen LogP contribution in [0.4, 0.5) is 10.2 Å². The number of aryl methyl sites for hydroxylation is 1. The maximum Gasteiger partial charge on any atom is 0.319 e. The number of thiazole rings is 1. The number of benzene rings is 3. The summed E-state index contributed by atoms with van der Waals surface area (Å²) in [6.45, 7) is 26.1. The molecule has 4 aliphatic rings. The van der Waals surface area contributed by atoms with Crippen LogP contribution in [0.1, 0.15) is 135 Å². The summed E-state index contributed by atoms with van der Waals surface area (Å²) in [5.74, 6) is 4.03. The van der Waals surface area contributed by atoms with Crippen LogP contribution in [0.5, 0.6) is 17.6 Å². The second-order valence-electron chi connectivity index (χ2n) is 26.3. The van der Waals surface area contributed by atoms with Gasteiger partial charge < -0.3 is 39.3 Å². The number of pyridine rings is 1. The van der Waals surface area contributed by atoms with Crippen LogP contribution in [0, 0.1) is 47.9 Å². The normalized spacial score (nSPS) is 20.0. The number of nitrogens with zero attached hydrogens (tertiary/aromatic N) is 8. The number of aromatic hydroxyl groups is 1. The third-order valence-corrected chi connectivity index (χ3v) is 26.5. The van der Waals surface area contributed by atoms with Crippen LogP contribution in [0.3, 0.4) is 0 Å². The topological polar surface area (TPSA) is 192 Å². The van der Waals surface area contributed by atoms with Crippen molar-refractivity contribution < 1.29 is 38.2 Å². The van der Waals surface area contributed by atoms with E-state index in [0.717, 1.165) is 77.1 Å². The van der Waals surface area contributed by atoms with Gasteiger partial charge in [0.15, 0.2) is 11.6 Å². The third-order valence-electron chi connectivity index (χ3n) is 19.2. The predicted octanol–water partition coefficient (Wildman–Crippen LogP) is 12.7. The van der Waals surface area contributed by atoms with E-state index in [0.29, 0.717) is 76.6 Å². The van der Waals surface area contributed by atoms with Gasteiger partial charge in [0.05, 0.1) is 40.2 Å². The number of amides is 2. The van der Waals surface area contributed by atoms with E-state index in [9.17, 15) is 19.8 Å². The lowest BCUT2D eigenvalue weighted by atomic mass is 9.91. The Morgan fingerprint density at radius 3 is 2.29 bits per heavy atom. The molecule has 3 aromatic carbocycles. The fourth-order valence-electron chi connectivity index (χ4n) is 14.7. The van der Waals surface area contributed by atoms with E-state index in [1.165, 1.54) is 24.2 Å². The van der Waals surface area contributed by atoms with E-state index in [-0.39, 0.29) is 65.6 Å². The van der Waals surface area contributed by atoms with Gasteiger partial charge in [-0.25, -0.2) is 9.37 Å². The van der Waals surface area contributed by atoms with E-state index >= 15 is 4.39 Å². The Hall–Kier alpha value is -6.98. The number of halogens is 1. The Morgan fingerprint density at radius 1 is 0.885 bits per heavy atom. The molecule has 6 atom stereocenters. The number of piperidine rings is 2. The molecule has 0 spiro atoms. The standard InChI is InChI=1S/C68H84FN9O7SSi/c1-39(2)59(67(82)78-36-53(80)31-56(78)66(81)72-43(9)48-16-18-50(19-17-48)64-44(10)71-38-86-64)57-32-58(75-85-57)84-37-45-20-23-76(24-21-45)25-26-83-68-73-63-55(65(74-68)77-34-46-14-15-47(28-46)35-77)33-70-62(61(63)69)54-30-52(79)29-51-13-11-12-49(60(51)54)22-27-87(40(3)4,41(5)6)42(7)8/h11-13,16-19,29-30,32-33,38-43,45-47,53,56,59,79-80H,14-15,20-21,23-26,28,31,34-37H2,1-10H3,(H,72,81)/t43-,46?,47?,53+,56-,59+/m0/s1. The number of aliphatic hydroxyl groups is 1. The Bertz CT molecular complexity index is 3650. The van der Waals surface area contributed by atoms with Crippen molar-refractivity contribution in [1.29, 1.82) is 0 Å². The van der Waals surface area contributed by atoms with Crippen LogP contribution >= 0.6 is 11.3 Å². The number of phenolic OH excluding ortho intramolecular Hbond substituents is 1. The summed E-state index contributed by atoms with van der Waals surface area (Å²) in [6, 6.07) is 17.8. The smallest absolute Gasteiger partial charge is 0.319 e. The molecule has 1 aliphatic carbocycles.